The van der Waals surface area contributed by atoms with E-state index >= 15 is 0 Å². The summed E-state index contributed by atoms with van der Waals surface area (Å²) in [5.41, 5.74) is 8.14. The lowest BCUT2D eigenvalue weighted by Crippen LogP contribution is -2.24. The number of nitrogens with two attached hydrogens (primary N) is 1. The molecule has 100 valence electrons. The monoisotopic (exact) mass is 267 g/mol. The largest absolute Gasteiger partial charge is 0.384 e. The van der Waals surface area contributed by atoms with Gasteiger partial charge in [0.1, 0.15) is 17.8 Å². The fourth-order valence-corrected chi connectivity index (χ4v) is 1.73. The van der Waals surface area contributed by atoms with Crippen LogP contribution in [0.25, 0.3) is 0 Å². The number of aromatic nitrogens is 2. The highest BCUT2D eigenvalue weighted by Gasteiger charge is 2.08. The zero-order valence-corrected chi connectivity index (χ0v) is 10.9. The molecule has 1 heterocycles. The molecule has 3 N–H and O–H groups in total. The van der Waals surface area contributed by atoms with E-state index in [1.807, 2.05) is 13.0 Å². The van der Waals surface area contributed by atoms with Crippen molar-refractivity contribution >= 4 is 11.7 Å². The standard InChI is InChI=1S/C14H13N5O/c1-9-4-10(2-3-11(9)6-15)7-17-14(20)12-5-13(16)19-8-18-12/h2-5,8H,7H2,1H3,(H,17,20)(H2,16,18,19). The number of nitrogen functional groups attached to an aromatic ring is 1. The minimum Gasteiger partial charge on any atom is -0.384 e. The molecule has 20 heavy (non-hydrogen) atoms. The van der Waals surface area contributed by atoms with E-state index < -0.39 is 0 Å². The third kappa shape index (κ3) is 3.09. The van der Waals surface area contributed by atoms with E-state index in [9.17, 15) is 4.79 Å². The van der Waals surface area contributed by atoms with Crippen LogP contribution in [0.4, 0.5) is 5.82 Å². The Morgan fingerprint density at radius 2 is 2.20 bits per heavy atom. The van der Waals surface area contributed by atoms with Gasteiger partial charge in [0, 0.05) is 12.6 Å². The number of aryl methyl sites for hydroxylation is 1. The Hall–Kier alpha value is -2.94. The summed E-state index contributed by atoms with van der Waals surface area (Å²) in [6.07, 6.45) is 1.25. The molecule has 1 aromatic heterocycles. The average Bonchev–Trinajstić information content (AvgIpc) is 2.45. The molecule has 0 fully saturated rings. The first kappa shape index (κ1) is 13.5. The maximum absolute atomic E-state index is 11.9. The highest BCUT2D eigenvalue weighted by molar-refractivity contribution is 5.92. The van der Waals surface area contributed by atoms with Gasteiger partial charge in [0.15, 0.2) is 0 Å². The van der Waals surface area contributed by atoms with Gasteiger partial charge in [-0.2, -0.15) is 5.26 Å². The summed E-state index contributed by atoms with van der Waals surface area (Å²) in [6.45, 7) is 2.21. The third-order valence-corrected chi connectivity index (χ3v) is 2.79. The summed E-state index contributed by atoms with van der Waals surface area (Å²) >= 11 is 0. The van der Waals surface area contributed by atoms with Crippen LogP contribution >= 0.6 is 0 Å². The Morgan fingerprint density at radius 1 is 1.40 bits per heavy atom. The predicted molar refractivity (Wildman–Crippen MR) is 73.5 cm³/mol. The molecule has 6 nitrogen and oxygen atoms in total. The fraction of sp³-hybridized carbons (Fsp3) is 0.143. The van der Waals surface area contributed by atoms with Crippen molar-refractivity contribution in [3.05, 3.63) is 53.0 Å². The normalized spacial score (nSPS) is 9.80. The second kappa shape index (κ2) is 5.80. The Labute approximate surface area is 116 Å². The van der Waals surface area contributed by atoms with Gasteiger partial charge in [-0.05, 0) is 24.1 Å². The van der Waals surface area contributed by atoms with Crippen molar-refractivity contribution in [1.29, 1.82) is 5.26 Å². The summed E-state index contributed by atoms with van der Waals surface area (Å²) in [5.74, 6) is -0.0690. The molecule has 0 bridgehead atoms. The van der Waals surface area contributed by atoms with E-state index in [0.29, 0.717) is 12.1 Å². The molecular formula is C14H13N5O. The maximum atomic E-state index is 11.9. The summed E-state index contributed by atoms with van der Waals surface area (Å²) in [7, 11) is 0. The van der Waals surface area contributed by atoms with Gasteiger partial charge in [0.2, 0.25) is 0 Å². The average molecular weight is 267 g/mol. The van der Waals surface area contributed by atoms with Crippen LogP contribution in [0.15, 0.2) is 30.6 Å². The molecule has 2 rings (SSSR count). The number of benzene rings is 1. The van der Waals surface area contributed by atoms with Crippen molar-refractivity contribution in [2.24, 2.45) is 0 Å². The number of nitriles is 1. The molecule has 2 aromatic rings. The molecule has 0 spiro atoms. The Bertz CT molecular complexity index is 690. The number of carbonyl (C=O) groups is 1. The van der Waals surface area contributed by atoms with Crippen LogP contribution in [0.1, 0.15) is 27.2 Å². The van der Waals surface area contributed by atoms with E-state index in [2.05, 4.69) is 21.4 Å². The number of anilines is 1. The molecule has 0 aliphatic heterocycles. The molecule has 0 saturated carbocycles. The van der Waals surface area contributed by atoms with Crippen molar-refractivity contribution in [1.82, 2.24) is 15.3 Å². The van der Waals surface area contributed by atoms with Crippen LogP contribution < -0.4 is 11.1 Å². The molecule has 0 aliphatic rings. The summed E-state index contributed by atoms with van der Waals surface area (Å²) in [6, 6.07) is 8.93. The number of amides is 1. The SMILES string of the molecule is Cc1cc(CNC(=O)c2cc(N)ncn2)ccc1C#N. The van der Waals surface area contributed by atoms with Gasteiger partial charge >= 0.3 is 0 Å². The van der Waals surface area contributed by atoms with Gasteiger partial charge in [0.05, 0.1) is 11.6 Å². The highest BCUT2D eigenvalue weighted by Crippen LogP contribution is 2.10. The van der Waals surface area contributed by atoms with Gasteiger partial charge in [-0.15, -0.1) is 0 Å². The quantitative estimate of drug-likeness (QED) is 0.868. The zero-order chi connectivity index (χ0) is 14.5. The van der Waals surface area contributed by atoms with Gasteiger partial charge in [0.25, 0.3) is 5.91 Å². The van der Waals surface area contributed by atoms with Gasteiger partial charge < -0.3 is 11.1 Å². The molecule has 0 unspecified atom stereocenters. The van der Waals surface area contributed by atoms with Gasteiger partial charge in [-0.1, -0.05) is 12.1 Å². The lowest BCUT2D eigenvalue weighted by molar-refractivity contribution is 0.0946. The second-order valence-corrected chi connectivity index (χ2v) is 4.27. The van der Waals surface area contributed by atoms with Crippen molar-refractivity contribution in [2.75, 3.05) is 5.73 Å². The lowest BCUT2D eigenvalue weighted by Gasteiger charge is -2.06. The van der Waals surface area contributed by atoms with Crippen LogP contribution in [-0.4, -0.2) is 15.9 Å². The molecule has 0 radical (unpaired) electrons. The first-order chi connectivity index (χ1) is 9.60. The van der Waals surface area contributed by atoms with Gasteiger partial charge in [-0.3, -0.25) is 4.79 Å². The number of hydrogen-bond donors (Lipinski definition) is 2. The van der Waals surface area contributed by atoms with Crippen LogP contribution in [0.3, 0.4) is 0 Å². The first-order valence-corrected chi connectivity index (χ1v) is 5.95. The molecule has 0 atom stereocenters. The number of nitrogens with one attached hydrogen (secondary N) is 1. The van der Waals surface area contributed by atoms with E-state index in [0.717, 1.165) is 11.1 Å². The highest BCUT2D eigenvalue weighted by atomic mass is 16.1. The van der Waals surface area contributed by atoms with Crippen LogP contribution in [0, 0.1) is 18.3 Å². The minimum absolute atomic E-state index is 0.225. The van der Waals surface area contributed by atoms with E-state index in [-0.39, 0.29) is 17.4 Å². The van der Waals surface area contributed by atoms with Crippen LogP contribution in [0.5, 0.6) is 0 Å². The van der Waals surface area contributed by atoms with Crippen molar-refractivity contribution in [2.45, 2.75) is 13.5 Å². The third-order valence-electron chi connectivity index (χ3n) is 2.79. The van der Waals surface area contributed by atoms with E-state index in [4.69, 9.17) is 11.0 Å². The number of carbonyl (C=O) groups excluding carboxylic acids is 1. The molecule has 0 saturated heterocycles. The summed E-state index contributed by atoms with van der Waals surface area (Å²) < 4.78 is 0. The van der Waals surface area contributed by atoms with E-state index in [1.165, 1.54) is 12.4 Å². The van der Waals surface area contributed by atoms with Crippen molar-refractivity contribution < 1.29 is 4.79 Å². The van der Waals surface area contributed by atoms with Crippen LogP contribution in [0.2, 0.25) is 0 Å². The smallest absolute Gasteiger partial charge is 0.270 e. The minimum atomic E-state index is -0.318. The zero-order valence-electron chi connectivity index (χ0n) is 10.9. The number of hydrogen-bond acceptors (Lipinski definition) is 5. The first-order valence-electron chi connectivity index (χ1n) is 5.95. The fourth-order valence-electron chi connectivity index (χ4n) is 1.73. The molecular weight excluding hydrogens is 254 g/mol. The Morgan fingerprint density at radius 3 is 2.85 bits per heavy atom. The molecule has 0 aliphatic carbocycles. The maximum Gasteiger partial charge on any atom is 0.270 e. The Kier molecular flexibility index (Phi) is 3.91. The Balaban J connectivity index is 2.04. The predicted octanol–water partition coefficient (Wildman–Crippen LogP) is 1.17. The second-order valence-electron chi connectivity index (χ2n) is 4.27. The van der Waals surface area contributed by atoms with Crippen molar-refractivity contribution in [3.63, 3.8) is 0 Å². The van der Waals surface area contributed by atoms with Crippen molar-refractivity contribution in [3.8, 4) is 6.07 Å². The van der Waals surface area contributed by atoms with Crippen LogP contribution in [-0.2, 0) is 6.54 Å². The van der Waals surface area contributed by atoms with E-state index in [1.54, 1.807) is 12.1 Å². The number of rotatable bonds is 3. The topological polar surface area (TPSA) is 105 Å². The molecule has 6 heteroatoms. The molecule has 1 amide bonds. The van der Waals surface area contributed by atoms with Gasteiger partial charge in [-0.25, -0.2) is 9.97 Å². The lowest BCUT2D eigenvalue weighted by atomic mass is 10.1. The summed E-state index contributed by atoms with van der Waals surface area (Å²) in [5, 5.41) is 11.6. The summed E-state index contributed by atoms with van der Waals surface area (Å²) in [4.78, 5) is 19.4. The molecule has 1 aromatic carbocycles. The number of nitrogens with zero attached hydrogens (tertiary/aromatic N) is 3.